The molecule has 0 radical (unpaired) electrons. The summed E-state index contributed by atoms with van der Waals surface area (Å²) in [7, 11) is 3.36. The molecule has 3 aromatic rings. The molecule has 236 valence electrons. The van der Waals surface area contributed by atoms with Crippen molar-refractivity contribution in [2.24, 2.45) is 0 Å². The largest absolute Gasteiger partial charge is 0.573 e. The summed E-state index contributed by atoms with van der Waals surface area (Å²) in [6.07, 6.45) is 9.10. The van der Waals surface area contributed by atoms with Crippen LogP contribution in [0, 0.1) is 19.3 Å². The van der Waals surface area contributed by atoms with Crippen LogP contribution in [0.1, 0.15) is 68.5 Å². The maximum absolute atomic E-state index is 12.6. The van der Waals surface area contributed by atoms with Gasteiger partial charge in [0.05, 0.1) is 17.6 Å². The number of benzene rings is 1. The van der Waals surface area contributed by atoms with Gasteiger partial charge in [-0.3, -0.25) is 14.3 Å². The van der Waals surface area contributed by atoms with Crippen LogP contribution >= 0.6 is 0 Å². The SMILES string of the molecule is C#C/C=C(/c1cnn(CC(=O)N(C)C)c1)c1c(C2CCC2)nn(-c2ccc(OC(F)(F)F)cc2)c1C.C=C(F)C(C)=O.CC. The van der Waals surface area contributed by atoms with E-state index in [4.69, 9.17) is 11.5 Å². The van der Waals surface area contributed by atoms with Crippen LogP contribution in [0.15, 0.2) is 55.1 Å². The summed E-state index contributed by atoms with van der Waals surface area (Å²) in [6.45, 7) is 9.86. The predicted octanol–water partition coefficient (Wildman–Crippen LogP) is 6.78. The summed E-state index contributed by atoms with van der Waals surface area (Å²) in [6, 6.07) is 5.59. The lowest BCUT2D eigenvalue weighted by atomic mass is 9.79. The van der Waals surface area contributed by atoms with Crippen LogP contribution in [0.5, 0.6) is 5.75 Å². The zero-order valence-corrected chi connectivity index (χ0v) is 25.7. The molecule has 44 heavy (non-hydrogen) atoms. The highest BCUT2D eigenvalue weighted by Gasteiger charge is 2.32. The van der Waals surface area contributed by atoms with E-state index in [1.54, 1.807) is 41.9 Å². The molecule has 0 spiro atoms. The van der Waals surface area contributed by atoms with Crippen molar-refractivity contribution in [2.75, 3.05) is 14.1 Å². The number of Topliss-reactive ketones (excluding diaryl/α,β-unsaturated/α-hetero) is 1. The molecular formula is C32H37F4N5O3. The van der Waals surface area contributed by atoms with Crippen LogP contribution < -0.4 is 4.74 Å². The molecular weight excluding hydrogens is 578 g/mol. The highest BCUT2D eigenvalue weighted by atomic mass is 19.4. The number of ketones is 1. The highest BCUT2D eigenvalue weighted by molar-refractivity contribution is 5.90. The molecule has 4 rings (SSSR count). The third-order valence-electron chi connectivity index (χ3n) is 6.57. The van der Waals surface area contributed by atoms with Crippen LogP contribution in [0.3, 0.4) is 0 Å². The van der Waals surface area contributed by atoms with Gasteiger partial charge >= 0.3 is 6.36 Å². The second-order valence-electron chi connectivity index (χ2n) is 9.83. The molecule has 8 nitrogen and oxygen atoms in total. The maximum Gasteiger partial charge on any atom is 0.573 e. The van der Waals surface area contributed by atoms with Gasteiger partial charge < -0.3 is 9.64 Å². The Hall–Kier alpha value is -4.66. The van der Waals surface area contributed by atoms with Gasteiger partial charge in [-0.05, 0) is 50.1 Å². The average Bonchev–Trinajstić information content (AvgIpc) is 3.52. The van der Waals surface area contributed by atoms with E-state index >= 15 is 0 Å². The van der Waals surface area contributed by atoms with Gasteiger partial charge in [0.2, 0.25) is 5.91 Å². The standard InChI is InChI=1S/C26H26F3N5O2.C4H5FO.C2H6/c1-5-7-22(19-14-30-33(15-19)16-23(35)32(3)4)24-17(2)34(31-25(24)18-8-6-9-18)20-10-12-21(13-11-20)36-26(27,28)29;1-3(5)4(2)6;1-2/h1,7,10-15,18H,6,8-9,16H2,2-4H3;1H2,2H3;1-2H3/b22-7-;;. The van der Waals surface area contributed by atoms with Crippen LogP contribution in [0.4, 0.5) is 17.6 Å². The Kier molecular flexibility index (Phi) is 12.7. The number of aromatic nitrogens is 4. The Morgan fingerprint density at radius 2 is 1.80 bits per heavy atom. The summed E-state index contributed by atoms with van der Waals surface area (Å²) in [5.74, 6) is 0.978. The number of ether oxygens (including phenoxy) is 1. The van der Waals surface area contributed by atoms with E-state index in [0.29, 0.717) is 5.69 Å². The minimum atomic E-state index is -4.76. The Balaban J connectivity index is 0.000000755. The zero-order valence-electron chi connectivity index (χ0n) is 25.7. The first-order valence-electron chi connectivity index (χ1n) is 13.9. The van der Waals surface area contributed by atoms with Gasteiger partial charge in [0.15, 0.2) is 11.6 Å². The molecule has 2 aromatic heterocycles. The summed E-state index contributed by atoms with van der Waals surface area (Å²) in [5.41, 5.74) is 4.64. The molecule has 1 saturated carbocycles. The number of nitrogens with zero attached hydrogens (tertiary/aromatic N) is 5. The van der Waals surface area contributed by atoms with Gasteiger partial charge in [0.25, 0.3) is 0 Å². The van der Waals surface area contributed by atoms with Crippen molar-refractivity contribution in [1.29, 1.82) is 0 Å². The molecule has 0 unspecified atom stereocenters. The fraction of sp³-hybridized carbons (Fsp3) is 0.375. The number of amides is 1. The van der Waals surface area contributed by atoms with Crippen molar-refractivity contribution in [3.05, 3.63) is 77.7 Å². The Labute approximate surface area is 255 Å². The topological polar surface area (TPSA) is 82.2 Å². The van der Waals surface area contributed by atoms with Crippen LogP contribution in [-0.4, -0.2) is 56.6 Å². The van der Waals surface area contributed by atoms with Crippen LogP contribution in [-0.2, 0) is 16.1 Å². The summed E-state index contributed by atoms with van der Waals surface area (Å²) in [5, 5.41) is 9.21. The molecule has 12 heteroatoms. The van der Waals surface area contributed by atoms with Crippen LogP contribution in [0.25, 0.3) is 11.3 Å². The van der Waals surface area contributed by atoms with E-state index in [-0.39, 0.29) is 24.1 Å². The van der Waals surface area contributed by atoms with Crippen molar-refractivity contribution in [3.8, 4) is 23.8 Å². The zero-order chi connectivity index (χ0) is 33.2. The number of carbonyl (C=O) groups excluding carboxylic acids is 2. The van der Waals surface area contributed by atoms with Crippen molar-refractivity contribution in [3.63, 3.8) is 0 Å². The second-order valence-corrected chi connectivity index (χ2v) is 9.83. The van der Waals surface area contributed by atoms with Crippen molar-refractivity contribution in [2.45, 2.75) is 65.8 Å². The average molecular weight is 616 g/mol. The van der Waals surface area contributed by atoms with Gasteiger partial charge in [0, 0.05) is 55.5 Å². The highest BCUT2D eigenvalue weighted by Crippen LogP contribution is 2.42. The number of halogens is 4. The molecule has 1 aliphatic carbocycles. The Morgan fingerprint density at radius 3 is 2.25 bits per heavy atom. The number of carbonyl (C=O) groups is 2. The molecule has 1 fully saturated rings. The van der Waals surface area contributed by atoms with E-state index in [1.807, 2.05) is 20.8 Å². The smallest absolute Gasteiger partial charge is 0.406 e. The van der Waals surface area contributed by atoms with E-state index in [1.165, 1.54) is 29.2 Å². The molecule has 2 heterocycles. The molecule has 0 aliphatic heterocycles. The summed E-state index contributed by atoms with van der Waals surface area (Å²) in [4.78, 5) is 23.3. The van der Waals surface area contributed by atoms with Gasteiger partial charge in [-0.2, -0.15) is 10.2 Å². The number of terminal acetylenes is 1. The first-order valence-corrected chi connectivity index (χ1v) is 13.9. The van der Waals surface area contributed by atoms with Crippen LogP contribution in [0.2, 0.25) is 0 Å². The summed E-state index contributed by atoms with van der Waals surface area (Å²) >= 11 is 0. The monoisotopic (exact) mass is 615 g/mol. The van der Waals surface area contributed by atoms with Gasteiger partial charge in [-0.15, -0.1) is 19.6 Å². The van der Waals surface area contributed by atoms with Crippen molar-refractivity contribution < 1.29 is 31.9 Å². The Bertz CT molecular complexity index is 1510. The molecule has 0 N–H and O–H groups in total. The quantitative estimate of drug-likeness (QED) is 0.159. The third-order valence-corrected chi connectivity index (χ3v) is 6.57. The lowest BCUT2D eigenvalue weighted by Crippen LogP contribution is -2.26. The minimum Gasteiger partial charge on any atom is -0.406 e. The van der Waals surface area contributed by atoms with Crippen molar-refractivity contribution in [1.82, 2.24) is 24.5 Å². The Morgan fingerprint density at radius 1 is 1.20 bits per heavy atom. The normalized spacial score (nSPS) is 12.9. The number of likely N-dealkylation sites (N-methyl/N-ethyl adjacent to an activating group) is 1. The molecule has 0 bridgehead atoms. The summed E-state index contributed by atoms with van der Waals surface area (Å²) < 4.78 is 56.2. The van der Waals surface area contributed by atoms with Gasteiger partial charge in [-0.1, -0.05) is 32.8 Å². The molecule has 1 amide bonds. The van der Waals surface area contributed by atoms with Gasteiger partial charge in [0.1, 0.15) is 12.3 Å². The maximum atomic E-state index is 12.6. The second kappa shape index (κ2) is 15.7. The predicted molar refractivity (Wildman–Crippen MR) is 161 cm³/mol. The third kappa shape index (κ3) is 9.42. The number of hydrogen-bond donors (Lipinski definition) is 0. The molecule has 1 aromatic carbocycles. The fourth-order valence-electron chi connectivity index (χ4n) is 4.12. The van der Waals surface area contributed by atoms with E-state index < -0.39 is 18.0 Å². The molecule has 0 saturated heterocycles. The number of allylic oxidation sites excluding steroid dienone is 2. The van der Waals surface area contributed by atoms with E-state index in [2.05, 4.69) is 22.3 Å². The van der Waals surface area contributed by atoms with Crippen molar-refractivity contribution >= 4 is 17.3 Å². The molecule has 0 atom stereocenters. The van der Waals surface area contributed by atoms with E-state index in [0.717, 1.165) is 54.3 Å². The number of rotatable bonds is 8. The first kappa shape index (κ1) is 35.5. The lowest BCUT2D eigenvalue weighted by molar-refractivity contribution is -0.274. The lowest BCUT2D eigenvalue weighted by Gasteiger charge is -2.25. The first-order chi connectivity index (χ1) is 20.7. The van der Waals surface area contributed by atoms with E-state index in [9.17, 15) is 27.2 Å². The van der Waals surface area contributed by atoms with Gasteiger partial charge in [-0.25, -0.2) is 9.07 Å². The fourth-order valence-corrected chi connectivity index (χ4v) is 4.12. The molecule has 1 aliphatic rings. The number of alkyl halides is 3. The number of hydrogen-bond acceptors (Lipinski definition) is 5. The minimum absolute atomic E-state index is 0.0933.